The van der Waals surface area contributed by atoms with Crippen LogP contribution in [0.2, 0.25) is 5.02 Å². The Hall–Kier alpha value is -0.530. The van der Waals surface area contributed by atoms with E-state index < -0.39 is 0 Å². The van der Waals surface area contributed by atoms with E-state index in [9.17, 15) is 5.11 Å². The van der Waals surface area contributed by atoms with Gasteiger partial charge in [-0.05, 0) is 29.9 Å². The zero-order chi connectivity index (χ0) is 11.4. The van der Waals surface area contributed by atoms with Gasteiger partial charge in [0.05, 0.1) is 0 Å². The molecule has 2 heteroatoms. The van der Waals surface area contributed by atoms with Crippen LogP contribution in [-0.4, -0.2) is 11.7 Å². The third-order valence-electron chi connectivity index (χ3n) is 3.74. The number of aliphatic hydroxyl groups excluding tert-OH is 1. The molecule has 2 rings (SSSR count). The Balaban J connectivity index is 2.03. The smallest absolute Gasteiger partial charge is 0.0465 e. The van der Waals surface area contributed by atoms with Crippen LogP contribution in [0.3, 0.4) is 0 Å². The van der Waals surface area contributed by atoms with Gasteiger partial charge in [0.25, 0.3) is 0 Å². The first-order valence-electron chi connectivity index (χ1n) is 6.15. The van der Waals surface area contributed by atoms with Crippen molar-refractivity contribution in [3.8, 4) is 0 Å². The molecule has 1 saturated carbocycles. The quantitative estimate of drug-likeness (QED) is 0.849. The Morgan fingerprint density at radius 1 is 1.25 bits per heavy atom. The molecular weight excluding hydrogens is 220 g/mol. The monoisotopic (exact) mass is 238 g/mol. The Labute approximate surface area is 102 Å². The van der Waals surface area contributed by atoms with E-state index in [-0.39, 0.29) is 6.61 Å². The van der Waals surface area contributed by atoms with Crippen LogP contribution in [0.25, 0.3) is 0 Å². The highest BCUT2D eigenvalue weighted by molar-refractivity contribution is 6.31. The van der Waals surface area contributed by atoms with Gasteiger partial charge in [-0.3, -0.25) is 0 Å². The van der Waals surface area contributed by atoms with E-state index in [1.54, 1.807) is 0 Å². The van der Waals surface area contributed by atoms with Gasteiger partial charge in [0.1, 0.15) is 0 Å². The molecule has 1 unspecified atom stereocenters. The lowest BCUT2D eigenvalue weighted by molar-refractivity contribution is 0.176. The van der Waals surface area contributed by atoms with Crippen LogP contribution in [0.5, 0.6) is 0 Å². The molecule has 0 aromatic heterocycles. The van der Waals surface area contributed by atoms with Gasteiger partial charge in [0, 0.05) is 11.6 Å². The van der Waals surface area contributed by atoms with Crippen molar-refractivity contribution >= 4 is 11.6 Å². The van der Waals surface area contributed by atoms with Crippen LogP contribution >= 0.6 is 11.6 Å². The molecule has 1 N–H and O–H groups in total. The minimum absolute atomic E-state index is 0.288. The van der Waals surface area contributed by atoms with E-state index in [1.807, 2.05) is 18.2 Å². The number of halogens is 1. The van der Waals surface area contributed by atoms with Gasteiger partial charge < -0.3 is 5.11 Å². The van der Waals surface area contributed by atoms with Crippen LogP contribution in [0.4, 0.5) is 0 Å². The summed E-state index contributed by atoms with van der Waals surface area (Å²) in [7, 11) is 0. The van der Waals surface area contributed by atoms with E-state index >= 15 is 0 Å². The maximum Gasteiger partial charge on any atom is 0.0465 e. The fourth-order valence-electron chi connectivity index (χ4n) is 2.76. The molecule has 1 aromatic carbocycles. The van der Waals surface area contributed by atoms with Gasteiger partial charge in [0.15, 0.2) is 0 Å². The molecule has 1 fully saturated rings. The van der Waals surface area contributed by atoms with Gasteiger partial charge in [-0.15, -0.1) is 0 Å². The highest BCUT2D eigenvalue weighted by Gasteiger charge is 2.24. The Morgan fingerprint density at radius 2 is 1.94 bits per heavy atom. The van der Waals surface area contributed by atoms with Crippen molar-refractivity contribution in [1.82, 2.24) is 0 Å². The number of hydrogen-bond acceptors (Lipinski definition) is 1. The van der Waals surface area contributed by atoms with E-state index in [4.69, 9.17) is 11.6 Å². The predicted octanol–water partition coefficient (Wildman–Crippen LogP) is 3.68. The summed E-state index contributed by atoms with van der Waals surface area (Å²) in [5.41, 5.74) is 1.18. The largest absolute Gasteiger partial charge is 0.396 e. The minimum atomic E-state index is 0.288. The molecule has 1 aromatic rings. The molecule has 0 spiro atoms. The lowest BCUT2D eigenvalue weighted by Gasteiger charge is -2.21. The molecule has 1 nitrogen and oxygen atoms in total. The first-order valence-corrected chi connectivity index (χ1v) is 6.53. The first kappa shape index (κ1) is 11.9. The summed E-state index contributed by atoms with van der Waals surface area (Å²) in [6.45, 7) is 0.288. The van der Waals surface area contributed by atoms with Gasteiger partial charge >= 0.3 is 0 Å². The lowest BCUT2D eigenvalue weighted by atomic mass is 9.86. The molecule has 0 bridgehead atoms. The highest BCUT2D eigenvalue weighted by Crippen LogP contribution is 2.34. The molecule has 0 aliphatic heterocycles. The zero-order valence-electron chi connectivity index (χ0n) is 9.53. The molecular formula is C14H19ClO. The Kier molecular flexibility index (Phi) is 4.25. The van der Waals surface area contributed by atoms with Crippen molar-refractivity contribution in [2.45, 2.75) is 32.1 Å². The number of aliphatic hydroxyl groups is 1. The summed E-state index contributed by atoms with van der Waals surface area (Å²) >= 11 is 6.15. The van der Waals surface area contributed by atoms with Crippen molar-refractivity contribution in [2.75, 3.05) is 6.61 Å². The second-order valence-electron chi connectivity index (χ2n) is 4.78. The number of hydrogen-bond donors (Lipinski definition) is 1. The second-order valence-corrected chi connectivity index (χ2v) is 5.19. The average molecular weight is 239 g/mol. The zero-order valence-corrected chi connectivity index (χ0v) is 10.3. The van der Waals surface area contributed by atoms with Crippen LogP contribution in [0.15, 0.2) is 24.3 Å². The summed E-state index contributed by atoms with van der Waals surface area (Å²) in [6, 6.07) is 7.97. The topological polar surface area (TPSA) is 20.2 Å². The maximum atomic E-state index is 9.50. The molecule has 0 amide bonds. The summed E-state index contributed by atoms with van der Waals surface area (Å²) < 4.78 is 0. The molecule has 0 saturated heterocycles. The third kappa shape index (κ3) is 2.78. The van der Waals surface area contributed by atoms with Crippen LogP contribution < -0.4 is 0 Å². The standard InChI is InChI=1S/C14H19ClO/c15-14-8-4-3-7-12(14)9-13(10-16)11-5-1-2-6-11/h3-4,7-8,11,13,16H,1-2,5-6,9-10H2. The van der Waals surface area contributed by atoms with E-state index in [2.05, 4.69) is 6.07 Å². The lowest BCUT2D eigenvalue weighted by Crippen LogP contribution is -2.18. The first-order chi connectivity index (χ1) is 7.81. The molecule has 1 aliphatic carbocycles. The molecule has 1 aliphatic rings. The van der Waals surface area contributed by atoms with Crippen molar-refractivity contribution in [2.24, 2.45) is 11.8 Å². The van der Waals surface area contributed by atoms with Crippen molar-refractivity contribution < 1.29 is 5.11 Å². The van der Waals surface area contributed by atoms with E-state index in [1.165, 1.54) is 31.2 Å². The molecule has 88 valence electrons. The van der Waals surface area contributed by atoms with Crippen molar-refractivity contribution in [1.29, 1.82) is 0 Å². The van der Waals surface area contributed by atoms with Crippen molar-refractivity contribution in [3.05, 3.63) is 34.9 Å². The second kappa shape index (κ2) is 5.70. The average Bonchev–Trinajstić information content (AvgIpc) is 2.81. The molecule has 1 atom stereocenters. The normalized spacial score (nSPS) is 18.9. The van der Waals surface area contributed by atoms with Crippen LogP contribution in [-0.2, 0) is 6.42 Å². The minimum Gasteiger partial charge on any atom is -0.396 e. The maximum absolute atomic E-state index is 9.50. The molecule has 16 heavy (non-hydrogen) atoms. The predicted molar refractivity (Wildman–Crippen MR) is 67.7 cm³/mol. The van der Waals surface area contributed by atoms with Gasteiger partial charge in [0.2, 0.25) is 0 Å². The summed E-state index contributed by atoms with van der Waals surface area (Å²) in [5.74, 6) is 1.09. The van der Waals surface area contributed by atoms with Gasteiger partial charge in [-0.25, -0.2) is 0 Å². The Bertz CT molecular complexity index is 331. The van der Waals surface area contributed by atoms with Crippen LogP contribution in [0, 0.1) is 11.8 Å². The Morgan fingerprint density at radius 3 is 2.56 bits per heavy atom. The summed E-state index contributed by atoms with van der Waals surface area (Å²) in [5, 5.41) is 10.3. The van der Waals surface area contributed by atoms with Gasteiger partial charge in [-0.1, -0.05) is 55.5 Å². The van der Waals surface area contributed by atoms with Crippen LogP contribution in [0.1, 0.15) is 31.2 Å². The fourth-order valence-corrected chi connectivity index (χ4v) is 2.97. The third-order valence-corrected chi connectivity index (χ3v) is 4.11. The summed E-state index contributed by atoms with van der Waals surface area (Å²) in [6.07, 6.45) is 6.11. The fraction of sp³-hybridized carbons (Fsp3) is 0.571. The molecule has 0 heterocycles. The number of rotatable bonds is 4. The highest BCUT2D eigenvalue weighted by atomic mass is 35.5. The van der Waals surface area contributed by atoms with E-state index in [0.717, 1.165) is 11.4 Å². The number of benzene rings is 1. The van der Waals surface area contributed by atoms with Gasteiger partial charge in [-0.2, -0.15) is 0 Å². The van der Waals surface area contributed by atoms with E-state index in [0.29, 0.717) is 11.8 Å². The molecule has 0 radical (unpaired) electrons. The SMILES string of the molecule is OCC(Cc1ccccc1Cl)C1CCCC1. The van der Waals surface area contributed by atoms with Crippen molar-refractivity contribution in [3.63, 3.8) is 0 Å². The summed E-state index contributed by atoms with van der Waals surface area (Å²) in [4.78, 5) is 0.